The van der Waals surface area contributed by atoms with Crippen LogP contribution in [0.1, 0.15) is 25.0 Å². The number of fused-ring (bicyclic) bond motifs is 7. The molecule has 0 fully saturated rings. The van der Waals surface area contributed by atoms with Gasteiger partial charge in [0.15, 0.2) is 5.82 Å². The van der Waals surface area contributed by atoms with Gasteiger partial charge in [0.1, 0.15) is 11.2 Å². The number of furan rings is 1. The predicted octanol–water partition coefficient (Wildman–Crippen LogP) is 16.0. The summed E-state index contributed by atoms with van der Waals surface area (Å²) in [6, 6.07) is 75.5. The summed E-state index contributed by atoms with van der Waals surface area (Å²) in [6.07, 6.45) is 0. The Balaban J connectivity index is 1.05. The Labute approximate surface area is 366 Å². The van der Waals surface area contributed by atoms with Gasteiger partial charge in [-0.15, -0.1) is 0 Å². The van der Waals surface area contributed by atoms with E-state index in [1.54, 1.807) is 0 Å². The minimum atomic E-state index is -0.175. The minimum absolute atomic E-state index is 0.175. The van der Waals surface area contributed by atoms with Crippen LogP contribution in [0.3, 0.4) is 0 Å². The first-order valence-electron chi connectivity index (χ1n) is 21.6. The normalized spacial score (nSPS) is 12.7. The number of para-hydroxylation sites is 2. The molecule has 0 saturated carbocycles. The standard InChI is InChI=1S/C59H41N3O/c1-59(2)50-28-12-9-25-45(50)46-32-31-44(37-51(46)59)62(53-34-33-48-47-26-11-14-30-54(47)63-57(48)55(53)38-17-5-3-6-18-38)43-24-16-22-41(36-43)40-21-15-23-42(35-40)58-60-52-29-13-10-27-49(52)56(61-58)39-19-7-4-8-20-39/h3-37H,1-2H3. The molecule has 0 aliphatic heterocycles. The minimum Gasteiger partial charge on any atom is -0.455 e. The summed E-state index contributed by atoms with van der Waals surface area (Å²) < 4.78 is 6.82. The Hall–Kier alpha value is -8.08. The molecule has 4 heteroatoms. The maximum Gasteiger partial charge on any atom is 0.160 e. The van der Waals surface area contributed by atoms with Crippen LogP contribution in [-0.2, 0) is 5.41 Å². The molecule has 0 radical (unpaired) electrons. The van der Waals surface area contributed by atoms with E-state index in [1.165, 1.54) is 22.3 Å². The lowest BCUT2D eigenvalue weighted by atomic mass is 9.82. The summed E-state index contributed by atoms with van der Waals surface area (Å²) in [5.41, 5.74) is 18.1. The Kier molecular flexibility index (Phi) is 8.48. The maximum atomic E-state index is 6.82. The van der Waals surface area contributed by atoms with Crippen molar-refractivity contribution in [3.63, 3.8) is 0 Å². The van der Waals surface area contributed by atoms with Crippen molar-refractivity contribution < 1.29 is 4.42 Å². The smallest absolute Gasteiger partial charge is 0.160 e. The second-order valence-electron chi connectivity index (χ2n) is 16.9. The Morgan fingerprint density at radius 3 is 1.90 bits per heavy atom. The number of hydrogen-bond donors (Lipinski definition) is 0. The van der Waals surface area contributed by atoms with E-state index in [1.807, 2.05) is 18.2 Å². The van der Waals surface area contributed by atoms with Crippen molar-refractivity contribution in [1.29, 1.82) is 0 Å². The van der Waals surface area contributed by atoms with Gasteiger partial charge < -0.3 is 9.32 Å². The van der Waals surface area contributed by atoms with Gasteiger partial charge in [0.25, 0.3) is 0 Å². The number of aromatic nitrogens is 2. The zero-order valence-electron chi connectivity index (χ0n) is 35.0. The molecule has 0 atom stereocenters. The monoisotopic (exact) mass is 807 g/mol. The van der Waals surface area contributed by atoms with Crippen LogP contribution in [0.25, 0.3) is 88.9 Å². The van der Waals surface area contributed by atoms with Crippen molar-refractivity contribution in [1.82, 2.24) is 9.97 Å². The Bertz CT molecular complexity index is 3550. The molecule has 0 spiro atoms. The van der Waals surface area contributed by atoms with Crippen molar-refractivity contribution in [3.05, 3.63) is 223 Å². The third-order valence-corrected chi connectivity index (χ3v) is 12.9. The topological polar surface area (TPSA) is 42.2 Å². The summed E-state index contributed by atoms with van der Waals surface area (Å²) in [4.78, 5) is 12.7. The first-order valence-corrected chi connectivity index (χ1v) is 21.6. The molecule has 1 aliphatic carbocycles. The summed E-state index contributed by atoms with van der Waals surface area (Å²) in [7, 11) is 0. The van der Waals surface area contributed by atoms with Crippen molar-refractivity contribution in [2.75, 3.05) is 4.90 Å². The van der Waals surface area contributed by atoms with Crippen LogP contribution in [0.4, 0.5) is 17.1 Å². The van der Waals surface area contributed by atoms with Gasteiger partial charge in [-0.1, -0.05) is 172 Å². The van der Waals surface area contributed by atoms with Crippen molar-refractivity contribution >= 4 is 49.9 Å². The summed E-state index contributed by atoms with van der Waals surface area (Å²) >= 11 is 0. The van der Waals surface area contributed by atoms with E-state index < -0.39 is 0 Å². The third-order valence-electron chi connectivity index (χ3n) is 12.9. The van der Waals surface area contributed by atoms with E-state index in [2.05, 4.69) is 213 Å². The van der Waals surface area contributed by atoms with Gasteiger partial charge in [-0.05, 0) is 93.5 Å². The van der Waals surface area contributed by atoms with E-state index in [0.29, 0.717) is 5.82 Å². The van der Waals surface area contributed by atoms with Crippen LogP contribution < -0.4 is 4.90 Å². The Morgan fingerprint density at radius 1 is 0.429 bits per heavy atom. The first-order chi connectivity index (χ1) is 31.0. The van der Waals surface area contributed by atoms with Gasteiger partial charge >= 0.3 is 0 Å². The summed E-state index contributed by atoms with van der Waals surface area (Å²) in [5.74, 6) is 0.695. The van der Waals surface area contributed by atoms with E-state index in [-0.39, 0.29) is 5.41 Å². The maximum absolute atomic E-state index is 6.82. The molecule has 298 valence electrons. The lowest BCUT2D eigenvalue weighted by molar-refractivity contribution is 0.660. The predicted molar refractivity (Wildman–Crippen MR) is 261 cm³/mol. The fourth-order valence-electron chi connectivity index (χ4n) is 9.79. The molecule has 9 aromatic carbocycles. The molecule has 4 nitrogen and oxygen atoms in total. The summed E-state index contributed by atoms with van der Waals surface area (Å²) in [6.45, 7) is 4.69. The van der Waals surface area contributed by atoms with E-state index in [0.717, 1.165) is 89.0 Å². The molecule has 0 bridgehead atoms. The molecule has 12 rings (SSSR count). The molecule has 11 aromatic rings. The fourth-order valence-corrected chi connectivity index (χ4v) is 9.79. The lowest BCUT2D eigenvalue weighted by Gasteiger charge is -2.30. The van der Waals surface area contributed by atoms with E-state index in [4.69, 9.17) is 14.4 Å². The Morgan fingerprint density at radius 2 is 1.06 bits per heavy atom. The molecule has 0 unspecified atom stereocenters. The highest BCUT2D eigenvalue weighted by molar-refractivity contribution is 6.13. The molecule has 0 amide bonds. The second kappa shape index (κ2) is 14.5. The lowest BCUT2D eigenvalue weighted by Crippen LogP contribution is -2.17. The van der Waals surface area contributed by atoms with Crippen molar-refractivity contribution in [2.45, 2.75) is 19.3 Å². The third kappa shape index (κ3) is 6.06. The number of hydrogen-bond acceptors (Lipinski definition) is 4. The van der Waals surface area contributed by atoms with Gasteiger partial charge in [0, 0.05) is 49.6 Å². The SMILES string of the molecule is CC1(C)c2ccccc2-c2ccc(N(c3cccc(-c4cccc(-c5nc(-c6ccccc6)c6ccccc6n5)c4)c3)c3ccc4c(oc5ccccc54)c3-c3ccccc3)cc21. The van der Waals surface area contributed by atoms with Crippen molar-refractivity contribution in [2.24, 2.45) is 0 Å². The molecule has 1 aliphatic rings. The fraction of sp³-hybridized carbons (Fsp3) is 0.0508. The van der Waals surface area contributed by atoms with Crippen LogP contribution in [0.2, 0.25) is 0 Å². The first kappa shape index (κ1) is 36.7. The number of nitrogens with zero attached hydrogens (tertiary/aromatic N) is 3. The molecule has 0 N–H and O–H groups in total. The number of benzene rings is 9. The zero-order chi connectivity index (χ0) is 42.1. The second-order valence-corrected chi connectivity index (χ2v) is 16.9. The average Bonchev–Trinajstić information content (AvgIpc) is 3.83. The molecular formula is C59H41N3O. The number of rotatable bonds is 7. The van der Waals surface area contributed by atoms with Crippen LogP contribution in [0.5, 0.6) is 0 Å². The molecule has 2 heterocycles. The van der Waals surface area contributed by atoms with Gasteiger partial charge in [-0.25, -0.2) is 9.97 Å². The van der Waals surface area contributed by atoms with Crippen LogP contribution in [0.15, 0.2) is 217 Å². The molecule has 63 heavy (non-hydrogen) atoms. The van der Waals surface area contributed by atoms with Gasteiger partial charge in [0.05, 0.1) is 16.9 Å². The zero-order valence-corrected chi connectivity index (χ0v) is 35.0. The highest BCUT2D eigenvalue weighted by Gasteiger charge is 2.36. The van der Waals surface area contributed by atoms with E-state index in [9.17, 15) is 0 Å². The van der Waals surface area contributed by atoms with Crippen molar-refractivity contribution in [3.8, 4) is 56.0 Å². The molecular weight excluding hydrogens is 767 g/mol. The van der Waals surface area contributed by atoms with E-state index >= 15 is 0 Å². The van der Waals surface area contributed by atoms with Gasteiger partial charge in [-0.3, -0.25) is 0 Å². The molecule has 2 aromatic heterocycles. The average molecular weight is 808 g/mol. The van der Waals surface area contributed by atoms with Gasteiger partial charge in [0.2, 0.25) is 0 Å². The largest absolute Gasteiger partial charge is 0.455 e. The van der Waals surface area contributed by atoms with Crippen LogP contribution >= 0.6 is 0 Å². The quantitative estimate of drug-likeness (QED) is 0.161. The van der Waals surface area contributed by atoms with Gasteiger partial charge in [-0.2, -0.15) is 0 Å². The highest BCUT2D eigenvalue weighted by Crippen LogP contribution is 2.52. The number of anilines is 3. The van der Waals surface area contributed by atoms with Crippen LogP contribution in [0, 0.1) is 0 Å². The molecule has 0 saturated heterocycles. The summed E-state index contributed by atoms with van der Waals surface area (Å²) in [5, 5.41) is 3.23. The van der Waals surface area contributed by atoms with Crippen LogP contribution in [-0.4, -0.2) is 9.97 Å². The highest BCUT2D eigenvalue weighted by atomic mass is 16.3.